The second-order valence-electron chi connectivity index (χ2n) is 4.34. The maximum atomic E-state index is 11.7. The standard InChI is InChI=1S/C13H16ClNO2.ClH/c1-2-17-13(16)9-5-8-3-4-10(14)7-11(8)12(15)6-9;/h3-4,7,9,12H,2,5-6,15H2,1H3;1H/t9-,12+;/m1./s1. The molecule has 2 N–H and O–H groups in total. The molecule has 100 valence electrons. The number of fused-ring (bicyclic) bond motifs is 1. The molecule has 0 heterocycles. The lowest BCUT2D eigenvalue weighted by Gasteiger charge is -2.28. The van der Waals surface area contributed by atoms with Crippen LogP contribution in [0.25, 0.3) is 0 Å². The predicted octanol–water partition coefficient (Wildman–Crippen LogP) is 2.89. The average molecular weight is 290 g/mol. The van der Waals surface area contributed by atoms with Crippen LogP contribution in [-0.2, 0) is 16.0 Å². The maximum Gasteiger partial charge on any atom is 0.309 e. The summed E-state index contributed by atoms with van der Waals surface area (Å²) in [4.78, 5) is 11.7. The summed E-state index contributed by atoms with van der Waals surface area (Å²) in [6.07, 6.45) is 1.32. The molecule has 0 amide bonds. The molecule has 0 fully saturated rings. The summed E-state index contributed by atoms with van der Waals surface area (Å²) in [5.74, 6) is -0.276. The summed E-state index contributed by atoms with van der Waals surface area (Å²) in [7, 11) is 0. The number of hydrogen-bond acceptors (Lipinski definition) is 3. The van der Waals surface area contributed by atoms with E-state index >= 15 is 0 Å². The van der Waals surface area contributed by atoms with Gasteiger partial charge in [0, 0.05) is 11.1 Å². The highest BCUT2D eigenvalue weighted by atomic mass is 35.5. The number of benzene rings is 1. The van der Waals surface area contributed by atoms with Gasteiger partial charge in [0.1, 0.15) is 0 Å². The van der Waals surface area contributed by atoms with Gasteiger partial charge in [-0.05, 0) is 43.0 Å². The minimum absolute atomic E-state index is 0. The maximum absolute atomic E-state index is 11.7. The molecule has 1 aliphatic rings. The molecule has 3 nitrogen and oxygen atoms in total. The van der Waals surface area contributed by atoms with Crippen molar-refractivity contribution in [1.29, 1.82) is 0 Å². The molecule has 2 atom stereocenters. The Morgan fingerprint density at radius 3 is 2.94 bits per heavy atom. The fourth-order valence-electron chi connectivity index (χ4n) is 2.32. The van der Waals surface area contributed by atoms with Crippen molar-refractivity contribution in [2.45, 2.75) is 25.8 Å². The van der Waals surface area contributed by atoms with Crippen molar-refractivity contribution in [3.63, 3.8) is 0 Å². The lowest BCUT2D eigenvalue weighted by molar-refractivity contribution is -0.148. The van der Waals surface area contributed by atoms with Gasteiger partial charge in [-0.1, -0.05) is 17.7 Å². The number of hydrogen-bond donors (Lipinski definition) is 1. The Balaban J connectivity index is 0.00000162. The molecule has 0 saturated heterocycles. The molecule has 0 bridgehead atoms. The van der Waals surface area contributed by atoms with Gasteiger partial charge in [-0.3, -0.25) is 4.79 Å². The summed E-state index contributed by atoms with van der Waals surface area (Å²) >= 11 is 5.94. The molecular weight excluding hydrogens is 273 g/mol. The molecule has 0 unspecified atom stereocenters. The summed E-state index contributed by atoms with van der Waals surface area (Å²) in [6.45, 7) is 2.23. The first-order chi connectivity index (χ1) is 8.11. The summed E-state index contributed by atoms with van der Waals surface area (Å²) in [6, 6.07) is 5.54. The molecule has 2 rings (SSSR count). The molecule has 0 radical (unpaired) electrons. The van der Waals surface area contributed by atoms with Crippen LogP contribution in [0.3, 0.4) is 0 Å². The zero-order valence-corrected chi connectivity index (χ0v) is 11.8. The van der Waals surface area contributed by atoms with Gasteiger partial charge in [-0.15, -0.1) is 12.4 Å². The van der Waals surface area contributed by atoms with E-state index in [4.69, 9.17) is 22.1 Å². The van der Waals surface area contributed by atoms with E-state index in [-0.39, 0.29) is 30.3 Å². The van der Waals surface area contributed by atoms with Crippen LogP contribution >= 0.6 is 24.0 Å². The number of carbonyl (C=O) groups is 1. The van der Waals surface area contributed by atoms with Crippen molar-refractivity contribution in [3.8, 4) is 0 Å². The predicted molar refractivity (Wildman–Crippen MR) is 74.1 cm³/mol. The van der Waals surface area contributed by atoms with Crippen LogP contribution in [0.5, 0.6) is 0 Å². The van der Waals surface area contributed by atoms with E-state index < -0.39 is 0 Å². The van der Waals surface area contributed by atoms with E-state index in [0.29, 0.717) is 24.5 Å². The van der Waals surface area contributed by atoms with Crippen LogP contribution in [-0.4, -0.2) is 12.6 Å². The Morgan fingerprint density at radius 2 is 2.28 bits per heavy atom. The summed E-state index contributed by atoms with van der Waals surface area (Å²) in [5.41, 5.74) is 8.23. The SMILES string of the molecule is CCOC(=O)[C@@H]1Cc2ccc(Cl)cc2[C@@H](N)C1.Cl. The Bertz CT molecular complexity index is 437. The third-order valence-electron chi connectivity index (χ3n) is 3.13. The largest absolute Gasteiger partial charge is 0.466 e. The van der Waals surface area contributed by atoms with Crippen LogP contribution < -0.4 is 5.73 Å². The summed E-state index contributed by atoms with van der Waals surface area (Å²) in [5, 5.41) is 0.689. The van der Waals surface area contributed by atoms with E-state index in [9.17, 15) is 4.79 Å². The Hall–Kier alpha value is -0.770. The monoisotopic (exact) mass is 289 g/mol. The molecule has 1 aromatic carbocycles. The van der Waals surface area contributed by atoms with Crippen molar-refractivity contribution < 1.29 is 9.53 Å². The quantitative estimate of drug-likeness (QED) is 0.852. The Kier molecular flexibility index (Phi) is 5.45. The number of nitrogens with two attached hydrogens (primary N) is 1. The first-order valence-corrected chi connectivity index (χ1v) is 6.20. The first kappa shape index (κ1) is 15.3. The molecule has 1 aromatic rings. The topological polar surface area (TPSA) is 52.3 Å². The average Bonchev–Trinajstić information content (AvgIpc) is 2.30. The van der Waals surface area contributed by atoms with Crippen molar-refractivity contribution in [3.05, 3.63) is 34.3 Å². The zero-order chi connectivity index (χ0) is 12.4. The van der Waals surface area contributed by atoms with Crippen molar-refractivity contribution in [2.24, 2.45) is 11.7 Å². The normalized spacial score (nSPS) is 21.7. The second-order valence-corrected chi connectivity index (χ2v) is 4.77. The zero-order valence-electron chi connectivity index (χ0n) is 10.2. The first-order valence-electron chi connectivity index (χ1n) is 5.82. The van der Waals surface area contributed by atoms with Crippen LogP contribution in [0, 0.1) is 5.92 Å². The third kappa shape index (κ3) is 3.16. The van der Waals surface area contributed by atoms with E-state index in [1.165, 1.54) is 0 Å². The molecule has 5 heteroatoms. The lowest BCUT2D eigenvalue weighted by Crippen LogP contribution is -2.30. The van der Waals surface area contributed by atoms with Gasteiger partial charge in [0.2, 0.25) is 0 Å². The third-order valence-corrected chi connectivity index (χ3v) is 3.37. The highest BCUT2D eigenvalue weighted by Crippen LogP contribution is 2.33. The summed E-state index contributed by atoms with van der Waals surface area (Å²) < 4.78 is 5.05. The van der Waals surface area contributed by atoms with Gasteiger partial charge in [0.15, 0.2) is 0 Å². The van der Waals surface area contributed by atoms with Crippen molar-refractivity contribution in [1.82, 2.24) is 0 Å². The van der Waals surface area contributed by atoms with Crippen LogP contribution in [0.4, 0.5) is 0 Å². The lowest BCUT2D eigenvalue weighted by atomic mass is 9.81. The van der Waals surface area contributed by atoms with E-state index in [0.717, 1.165) is 11.1 Å². The van der Waals surface area contributed by atoms with Crippen LogP contribution in [0.1, 0.15) is 30.5 Å². The molecule has 0 spiro atoms. The smallest absolute Gasteiger partial charge is 0.309 e. The van der Waals surface area contributed by atoms with E-state index in [1.807, 2.05) is 25.1 Å². The number of carbonyl (C=O) groups excluding carboxylic acids is 1. The van der Waals surface area contributed by atoms with E-state index in [1.54, 1.807) is 0 Å². The van der Waals surface area contributed by atoms with Gasteiger partial charge in [0.25, 0.3) is 0 Å². The minimum atomic E-state index is -0.149. The van der Waals surface area contributed by atoms with Gasteiger partial charge in [-0.25, -0.2) is 0 Å². The highest BCUT2D eigenvalue weighted by molar-refractivity contribution is 6.30. The highest BCUT2D eigenvalue weighted by Gasteiger charge is 2.30. The molecule has 1 aliphatic carbocycles. The van der Waals surface area contributed by atoms with Gasteiger partial charge >= 0.3 is 5.97 Å². The molecule has 0 aromatic heterocycles. The van der Waals surface area contributed by atoms with Crippen molar-refractivity contribution in [2.75, 3.05) is 6.61 Å². The van der Waals surface area contributed by atoms with Crippen LogP contribution in [0.15, 0.2) is 18.2 Å². The minimum Gasteiger partial charge on any atom is -0.466 e. The number of rotatable bonds is 2. The van der Waals surface area contributed by atoms with Gasteiger partial charge < -0.3 is 10.5 Å². The molecule has 0 saturated carbocycles. The van der Waals surface area contributed by atoms with Gasteiger partial charge in [0.05, 0.1) is 12.5 Å². The molecular formula is C13H17Cl2NO2. The number of ether oxygens (including phenoxy) is 1. The van der Waals surface area contributed by atoms with E-state index in [2.05, 4.69) is 0 Å². The van der Waals surface area contributed by atoms with Crippen molar-refractivity contribution >= 4 is 30.0 Å². The molecule has 18 heavy (non-hydrogen) atoms. The van der Waals surface area contributed by atoms with Gasteiger partial charge in [-0.2, -0.15) is 0 Å². The van der Waals surface area contributed by atoms with Crippen LogP contribution in [0.2, 0.25) is 5.02 Å². The number of esters is 1. The fraction of sp³-hybridized carbons (Fsp3) is 0.462. The second kappa shape index (κ2) is 6.41. The number of halogens is 2. The Labute approximate surface area is 118 Å². The molecule has 0 aliphatic heterocycles. The Morgan fingerprint density at radius 1 is 1.56 bits per heavy atom. The fourth-order valence-corrected chi connectivity index (χ4v) is 2.50.